The fourth-order valence-electron chi connectivity index (χ4n) is 1.31. The Hall–Kier alpha value is -1.56. The highest BCUT2D eigenvalue weighted by Crippen LogP contribution is 2.22. The molecule has 1 atom stereocenters. The zero-order valence-corrected chi connectivity index (χ0v) is 7.64. The smallest absolute Gasteiger partial charge is 0.412 e. The van der Waals surface area contributed by atoms with Crippen LogP contribution in [0.3, 0.4) is 0 Å². The van der Waals surface area contributed by atoms with Crippen molar-refractivity contribution < 1.29 is 24.5 Å². The molecule has 1 aliphatic rings. The second-order valence-electron chi connectivity index (χ2n) is 2.88. The lowest BCUT2D eigenvalue weighted by Gasteiger charge is -2.17. The standard InChI is InChI=1S/C8H11NO5/c1-14-7(11)6-2-5(4-10)3-9(6)8(12)13/h3,6,10H,2,4H2,1H3,(H,12,13). The van der Waals surface area contributed by atoms with Crippen molar-refractivity contribution in [3.63, 3.8) is 0 Å². The Balaban J connectivity index is 2.80. The van der Waals surface area contributed by atoms with E-state index in [1.165, 1.54) is 13.3 Å². The number of aliphatic hydroxyl groups excluding tert-OH is 1. The molecule has 0 aromatic heterocycles. The number of amides is 1. The minimum absolute atomic E-state index is 0.190. The van der Waals surface area contributed by atoms with E-state index in [-0.39, 0.29) is 13.0 Å². The number of carboxylic acid groups (broad SMARTS) is 1. The van der Waals surface area contributed by atoms with Gasteiger partial charge in [-0.25, -0.2) is 9.59 Å². The molecule has 0 aliphatic carbocycles. The number of hydrogen-bond acceptors (Lipinski definition) is 4. The summed E-state index contributed by atoms with van der Waals surface area (Å²) in [6.07, 6.45) is 0.211. The van der Waals surface area contributed by atoms with Gasteiger partial charge in [-0.15, -0.1) is 0 Å². The molecule has 0 saturated heterocycles. The molecular formula is C8H11NO5. The van der Waals surface area contributed by atoms with Gasteiger partial charge in [0.1, 0.15) is 6.04 Å². The highest BCUT2D eigenvalue weighted by molar-refractivity contribution is 5.82. The fraction of sp³-hybridized carbons (Fsp3) is 0.500. The third kappa shape index (κ3) is 1.85. The van der Waals surface area contributed by atoms with Crippen LogP contribution in [0.4, 0.5) is 4.79 Å². The zero-order valence-electron chi connectivity index (χ0n) is 7.64. The van der Waals surface area contributed by atoms with E-state index in [0.29, 0.717) is 5.57 Å². The predicted octanol–water partition coefficient (Wildman–Crippen LogP) is -0.212. The molecule has 0 aromatic rings. The first kappa shape index (κ1) is 10.5. The third-order valence-electron chi connectivity index (χ3n) is 2.01. The van der Waals surface area contributed by atoms with Gasteiger partial charge < -0.3 is 14.9 Å². The summed E-state index contributed by atoms with van der Waals surface area (Å²) in [5.74, 6) is -0.618. The normalized spacial score (nSPS) is 20.6. The molecule has 0 aromatic carbocycles. The van der Waals surface area contributed by atoms with Crippen molar-refractivity contribution in [2.75, 3.05) is 13.7 Å². The Labute approximate surface area is 80.4 Å². The number of carbonyl (C=O) groups excluding carboxylic acids is 1. The van der Waals surface area contributed by atoms with Crippen LogP contribution in [0.5, 0.6) is 0 Å². The largest absolute Gasteiger partial charge is 0.467 e. The highest BCUT2D eigenvalue weighted by Gasteiger charge is 2.34. The first-order valence-corrected chi connectivity index (χ1v) is 3.99. The Morgan fingerprint density at radius 3 is 2.79 bits per heavy atom. The fourth-order valence-corrected chi connectivity index (χ4v) is 1.31. The predicted molar refractivity (Wildman–Crippen MR) is 45.5 cm³/mol. The van der Waals surface area contributed by atoms with E-state index in [2.05, 4.69) is 4.74 Å². The summed E-state index contributed by atoms with van der Waals surface area (Å²) < 4.78 is 4.45. The summed E-state index contributed by atoms with van der Waals surface area (Å²) in [6.45, 7) is -0.253. The molecule has 1 amide bonds. The van der Waals surface area contributed by atoms with Crippen molar-refractivity contribution in [3.8, 4) is 0 Å². The molecule has 0 radical (unpaired) electrons. The van der Waals surface area contributed by atoms with Gasteiger partial charge in [-0.1, -0.05) is 0 Å². The van der Waals surface area contributed by atoms with Crippen molar-refractivity contribution >= 4 is 12.1 Å². The monoisotopic (exact) mass is 201 g/mol. The average Bonchev–Trinajstić information content (AvgIpc) is 2.60. The average molecular weight is 201 g/mol. The molecule has 0 fully saturated rings. The molecule has 6 nitrogen and oxygen atoms in total. The third-order valence-corrected chi connectivity index (χ3v) is 2.01. The molecule has 0 saturated carbocycles. The van der Waals surface area contributed by atoms with Gasteiger partial charge in [0.05, 0.1) is 13.7 Å². The zero-order chi connectivity index (χ0) is 10.7. The number of hydrogen-bond donors (Lipinski definition) is 2. The van der Waals surface area contributed by atoms with Crippen LogP contribution in [0.1, 0.15) is 6.42 Å². The SMILES string of the molecule is COC(=O)C1CC(CO)=CN1C(=O)O. The molecule has 14 heavy (non-hydrogen) atoms. The Bertz CT molecular complexity index is 285. The quantitative estimate of drug-likeness (QED) is 0.603. The van der Waals surface area contributed by atoms with Crippen molar-refractivity contribution in [3.05, 3.63) is 11.8 Å². The summed E-state index contributed by atoms with van der Waals surface area (Å²) in [5, 5.41) is 17.5. The molecule has 1 heterocycles. The molecule has 6 heteroatoms. The van der Waals surface area contributed by atoms with Crippen LogP contribution in [0.2, 0.25) is 0 Å². The summed E-state index contributed by atoms with van der Waals surface area (Å²) in [4.78, 5) is 22.7. The van der Waals surface area contributed by atoms with Crippen molar-refractivity contribution in [2.45, 2.75) is 12.5 Å². The van der Waals surface area contributed by atoms with Crippen LogP contribution in [-0.2, 0) is 9.53 Å². The molecule has 1 aliphatic heterocycles. The number of rotatable bonds is 2. The van der Waals surface area contributed by atoms with Crippen molar-refractivity contribution in [2.24, 2.45) is 0 Å². The first-order chi connectivity index (χ1) is 6.60. The van der Waals surface area contributed by atoms with Gasteiger partial charge in [-0.3, -0.25) is 4.90 Å². The lowest BCUT2D eigenvalue weighted by molar-refractivity contribution is -0.144. The van der Waals surface area contributed by atoms with Crippen molar-refractivity contribution in [1.29, 1.82) is 0 Å². The van der Waals surface area contributed by atoms with Gasteiger partial charge in [-0.2, -0.15) is 0 Å². The maximum atomic E-state index is 11.1. The topological polar surface area (TPSA) is 87.1 Å². The maximum Gasteiger partial charge on any atom is 0.412 e. The van der Waals surface area contributed by atoms with E-state index in [0.717, 1.165) is 4.90 Å². The van der Waals surface area contributed by atoms with Crippen LogP contribution < -0.4 is 0 Å². The first-order valence-electron chi connectivity index (χ1n) is 3.99. The summed E-state index contributed by atoms with van der Waals surface area (Å²) in [5.41, 5.74) is 0.503. The molecule has 0 spiro atoms. The van der Waals surface area contributed by atoms with E-state index >= 15 is 0 Å². The maximum absolute atomic E-state index is 11.1. The number of carbonyl (C=O) groups is 2. The number of esters is 1. The number of ether oxygens (including phenoxy) is 1. The molecule has 1 unspecified atom stereocenters. The number of nitrogens with zero attached hydrogens (tertiary/aromatic N) is 1. The van der Waals surface area contributed by atoms with Gasteiger partial charge in [0.25, 0.3) is 0 Å². The van der Waals surface area contributed by atoms with Crippen LogP contribution in [0.15, 0.2) is 11.8 Å². The van der Waals surface area contributed by atoms with E-state index in [9.17, 15) is 9.59 Å². The summed E-state index contributed by atoms with van der Waals surface area (Å²) in [6, 6.07) is -0.861. The minimum atomic E-state index is -1.23. The van der Waals surface area contributed by atoms with E-state index in [4.69, 9.17) is 10.2 Å². The Morgan fingerprint density at radius 2 is 2.36 bits per heavy atom. The number of aliphatic hydroxyl groups is 1. The highest BCUT2D eigenvalue weighted by atomic mass is 16.5. The van der Waals surface area contributed by atoms with E-state index in [1.807, 2.05) is 0 Å². The summed E-state index contributed by atoms with van der Waals surface area (Å²) >= 11 is 0. The lowest BCUT2D eigenvalue weighted by Crippen LogP contribution is -2.38. The Morgan fingerprint density at radius 1 is 1.71 bits per heavy atom. The Kier molecular flexibility index (Phi) is 3.08. The van der Waals surface area contributed by atoms with Gasteiger partial charge in [0.15, 0.2) is 0 Å². The molecule has 2 N–H and O–H groups in total. The second-order valence-corrected chi connectivity index (χ2v) is 2.88. The van der Waals surface area contributed by atoms with Gasteiger partial charge in [-0.05, 0) is 5.57 Å². The van der Waals surface area contributed by atoms with Crippen LogP contribution in [0, 0.1) is 0 Å². The molecular weight excluding hydrogens is 190 g/mol. The number of methoxy groups -OCH3 is 1. The molecule has 78 valence electrons. The van der Waals surface area contributed by atoms with Gasteiger partial charge in [0, 0.05) is 12.6 Å². The van der Waals surface area contributed by atoms with E-state index < -0.39 is 18.1 Å². The van der Waals surface area contributed by atoms with Crippen LogP contribution in [0.25, 0.3) is 0 Å². The van der Waals surface area contributed by atoms with Crippen LogP contribution in [-0.4, -0.2) is 46.9 Å². The molecule has 0 bridgehead atoms. The minimum Gasteiger partial charge on any atom is -0.467 e. The molecule has 1 rings (SSSR count). The van der Waals surface area contributed by atoms with Gasteiger partial charge >= 0.3 is 12.1 Å². The van der Waals surface area contributed by atoms with Crippen LogP contribution >= 0.6 is 0 Å². The summed E-state index contributed by atoms with van der Waals surface area (Å²) in [7, 11) is 1.19. The van der Waals surface area contributed by atoms with Crippen molar-refractivity contribution in [1.82, 2.24) is 4.90 Å². The van der Waals surface area contributed by atoms with Gasteiger partial charge in [0.2, 0.25) is 0 Å². The lowest BCUT2D eigenvalue weighted by atomic mass is 10.1. The van der Waals surface area contributed by atoms with E-state index in [1.54, 1.807) is 0 Å². The second kappa shape index (κ2) is 4.10.